The van der Waals surface area contributed by atoms with E-state index in [1.165, 1.54) is 0 Å². The minimum atomic E-state index is -0.852. The Balaban J connectivity index is 1.58. The van der Waals surface area contributed by atoms with Gasteiger partial charge in [-0.15, -0.1) is 0 Å². The molecule has 4 rings (SSSR count). The van der Waals surface area contributed by atoms with E-state index in [1.807, 2.05) is 41.8 Å². The third kappa shape index (κ3) is 4.95. The number of carbonyl (C=O) groups is 3. The molecule has 0 saturated carbocycles. The zero-order valence-corrected chi connectivity index (χ0v) is 19.0. The van der Waals surface area contributed by atoms with E-state index in [0.29, 0.717) is 43.1 Å². The summed E-state index contributed by atoms with van der Waals surface area (Å²) >= 11 is 0. The first-order chi connectivity index (χ1) is 16.0. The first-order valence-electron chi connectivity index (χ1n) is 11.7. The molecule has 2 atom stereocenters. The number of likely N-dealkylation sites (tertiary alicyclic amines) is 1. The minimum Gasteiger partial charge on any atom is -0.481 e. The molecule has 8 nitrogen and oxygen atoms in total. The number of nitrogens with one attached hydrogen (secondary N) is 1. The quantitative estimate of drug-likeness (QED) is 0.638. The Labute approximate surface area is 193 Å². The third-order valence-electron chi connectivity index (χ3n) is 6.62. The number of benzene rings is 1. The summed E-state index contributed by atoms with van der Waals surface area (Å²) in [6.07, 6.45) is 2.89. The molecule has 1 saturated heterocycles. The van der Waals surface area contributed by atoms with Crippen molar-refractivity contribution in [3.05, 3.63) is 58.9 Å². The number of carboxylic acid groups (broad SMARTS) is 1. The van der Waals surface area contributed by atoms with Crippen LogP contribution in [0.1, 0.15) is 77.2 Å². The average molecular weight is 454 g/mol. The molecule has 2 N–H and O–H groups in total. The molecule has 0 bridgehead atoms. The number of nitrogens with zero attached hydrogens (tertiary/aromatic N) is 2. The molecule has 1 fully saturated rings. The van der Waals surface area contributed by atoms with E-state index in [1.54, 1.807) is 11.0 Å². The van der Waals surface area contributed by atoms with Gasteiger partial charge in [-0.2, -0.15) is 0 Å². The molecular formula is C25H31N3O5. The van der Waals surface area contributed by atoms with Crippen LogP contribution >= 0.6 is 0 Å². The van der Waals surface area contributed by atoms with Crippen molar-refractivity contribution in [2.45, 2.75) is 64.3 Å². The topological polar surface area (TPSA) is 101 Å². The highest BCUT2D eigenvalue weighted by molar-refractivity contribution is 6.01. The summed E-state index contributed by atoms with van der Waals surface area (Å²) in [6, 6.07) is 11.3. The van der Waals surface area contributed by atoms with E-state index in [9.17, 15) is 14.4 Å². The molecule has 0 radical (unpaired) electrons. The lowest BCUT2D eigenvalue weighted by atomic mass is 10.0. The fourth-order valence-electron chi connectivity index (χ4n) is 4.88. The van der Waals surface area contributed by atoms with Crippen molar-refractivity contribution in [2.75, 3.05) is 13.2 Å². The molecular weight excluding hydrogens is 422 g/mol. The van der Waals surface area contributed by atoms with Gasteiger partial charge in [0.2, 0.25) is 0 Å². The predicted octanol–water partition coefficient (Wildman–Crippen LogP) is 3.37. The van der Waals surface area contributed by atoms with Crippen LogP contribution < -0.4 is 5.32 Å². The molecule has 2 amide bonds. The Kier molecular flexibility index (Phi) is 7.13. The molecule has 2 aliphatic rings. The van der Waals surface area contributed by atoms with Crippen molar-refractivity contribution in [3.63, 3.8) is 0 Å². The fraction of sp³-hybridized carbons (Fsp3) is 0.480. The van der Waals surface area contributed by atoms with Crippen LogP contribution in [0.5, 0.6) is 0 Å². The third-order valence-corrected chi connectivity index (χ3v) is 6.62. The maximum absolute atomic E-state index is 13.5. The van der Waals surface area contributed by atoms with Gasteiger partial charge in [0.25, 0.3) is 11.8 Å². The summed E-state index contributed by atoms with van der Waals surface area (Å²) in [5.74, 6) is -1.21. The van der Waals surface area contributed by atoms with Crippen molar-refractivity contribution < 1.29 is 24.2 Å². The van der Waals surface area contributed by atoms with Crippen LogP contribution in [0, 0.1) is 0 Å². The maximum atomic E-state index is 13.5. The molecule has 176 valence electrons. The normalized spacial score (nSPS) is 18.6. The molecule has 2 aromatic rings. The summed E-state index contributed by atoms with van der Waals surface area (Å²) in [7, 11) is 0. The first kappa shape index (κ1) is 23.0. The molecule has 33 heavy (non-hydrogen) atoms. The molecule has 0 aliphatic carbocycles. The highest BCUT2D eigenvalue weighted by atomic mass is 16.5. The Bertz CT molecular complexity index is 1020. The lowest BCUT2D eigenvalue weighted by Crippen LogP contribution is -2.37. The van der Waals surface area contributed by atoms with Crippen LogP contribution in [0.3, 0.4) is 0 Å². The van der Waals surface area contributed by atoms with Gasteiger partial charge >= 0.3 is 5.97 Å². The van der Waals surface area contributed by atoms with Crippen molar-refractivity contribution in [1.29, 1.82) is 0 Å². The Morgan fingerprint density at radius 3 is 2.73 bits per heavy atom. The number of rotatable bonds is 8. The second-order valence-corrected chi connectivity index (χ2v) is 8.67. The van der Waals surface area contributed by atoms with E-state index in [0.717, 1.165) is 24.8 Å². The molecule has 0 unspecified atom stereocenters. The number of carbonyl (C=O) groups excluding carboxylic acids is 2. The van der Waals surface area contributed by atoms with Crippen LogP contribution in [0.4, 0.5) is 0 Å². The van der Waals surface area contributed by atoms with Crippen molar-refractivity contribution in [1.82, 2.24) is 14.8 Å². The van der Waals surface area contributed by atoms with Crippen LogP contribution in [0.15, 0.2) is 36.4 Å². The number of carboxylic acids is 1. The van der Waals surface area contributed by atoms with Crippen molar-refractivity contribution >= 4 is 17.8 Å². The zero-order valence-electron chi connectivity index (χ0n) is 19.0. The number of hydrogen-bond donors (Lipinski definition) is 2. The second kappa shape index (κ2) is 10.2. The van der Waals surface area contributed by atoms with Gasteiger partial charge in [-0.05, 0) is 37.3 Å². The number of fused-ring (bicyclic) bond motifs is 1. The van der Waals surface area contributed by atoms with Crippen molar-refractivity contribution in [3.8, 4) is 0 Å². The van der Waals surface area contributed by atoms with Crippen LogP contribution in [0.25, 0.3) is 0 Å². The largest absolute Gasteiger partial charge is 0.481 e. The number of ether oxygens (including phenoxy) is 1. The van der Waals surface area contributed by atoms with Gasteiger partial charge in [-0.1, -0.05) is 37.3 Å². The predicted molar refractivity (Wildman–Crippen MR) is 122 cm³/mol. The van der Waals surface area contributed by atoms with E-state index in [-0.39, 0.29) is 36.9 Å². The van der Waals surface area contributed by atoms with Gasteiger partial charge in [-0.3, -0.25) is 14.4 Å². The van der Waals surface area contributed by atoms with Gasteiger partial charge in [0.1, 0.15) is 5.69 Å². The van der Waals surface area contributed by atoms with Gasteiger partial charge in [0.05, 0.1) is 30.5 Å². The van der Waals surface area contributed by atoms with Crippen LogP contribution in [0.2, 0.25) is 0 Å². The summed E-state index contributed by atoms with van der Waals surface area (Å²) in [5.41, 5.74) is 2.70. The minimum absolute atomic E-state index is 0.0418. The first-order valence-corrected chi connectivity index (χ1v) is 11.7. The summed E-state index contributed by atoms with van der Waals surface area (Å²) in [4.78, 5) is 39.6. The molecule has 1 aromatic carbocycles. The highest BCUT2D eigenvalue weighted by Crippen LogP contribution is 2.28. The maximum Gasteiger partial charge on any atom is 0.303 e. The molecule has 3 heterocycles. The van der Waals surface area contributed by atoms with Gasteiger partial charge in [0, 0.05) is 25.6 Å². The number of aromatic nitrogens is 1. The van der Waals surface area contributed by atoms with Crippen molar-refractivity contribution in [2.24, 2.45) is 0 Å². The fourth-order valence-corrected chi connectivity index (χ4v) is 4.88. The number of aliphatic carboxylic acids is 1. The number of amides is 2. The lowest BCUT2D eigenvalue weighted by molar-refractivity contribution is -0.137. The Morgan fingerprint density at radius 2 is 2.00 bits per heavy atom. The van der Waals surface area contributed by atoms with Gasteiger partial charge in [-0.25, -0.2) is 0 Å². The van der Waals surface area contributed by atoms with E-state index in [2.05, 4.69) is 5.32 Å². The Hall–Kier alpha value is -3.13. The SMILES string of the molecule is CC[C@@H](NC(=O)c1cc(C(=O)N2CCC[C@@H]2CCC(=O)O)n2c1COCC2)c1ccccc1. The second-order valence-electron chi connectivity index (χ2n) is 8.67. The smallest absolute Gasteiger partial charge is 0.303 e. The van der Waals surface area contributed by atoms with E-state index >= 15 is 0 Å². The average Bonchev–Trinajstić information content (AvgIpc) is 3.46. The van der Waals surface area contributed by atoms with Gasteiger partial charge < -0.3 is 24.6 Å². The van der Waals surface area contributed by atoms with Gasteiger partial charge in [0.15, 0.2) is 0 Å². The molecule has 0 spiro atoms. The van der Waals surface area contributed by atoms with E-state index in [4.69, 9.17) is 9.84 Å². The van der Waals surface area contributed by atoms with Crippen LogP contribution in [-0.2, 0) is 22.7 Å². The number of hydrogen-bond acceptors (Lipinski definition) is 4. The monoisotopic (exact) mass is 453 g/mol. The highest BCUT2D eigenvalue weighted by Gasteiger charge is 2.34. The van der Waals surface area contributed by atoms with Crippen LogP contribution in [-0.4, -0.2) is 51.6 Å². The van der Waals surface area contributed by atoms with E-state index < -0.39 is 5.97 Å². The summed E-state index contributed by atoms with van der Waals surface area (Å²) in [5, 5.41) is 12.2. The molecule has 1 aromatic heterocycles. The molecule has 8 heteroatoms. The Morgan fingerprint density at radius 1 is 1.21 bits per heavy atom. The summed E-state index contributed by atoms with van der Waals surface area (Å²) in [6.45, 7) is 3.89. The molecule has 2 aliphatic heterocycles. The summed E-state index contributed by atoms with van der Waals surface area (Å²) < 4.78 is 7.52. The standard InChI is InChI=1S/C25H31N3O5/c1-2-20(17-7-4-3-5-8-17)26-24(31)19-15-21(28-13-14-33-16-22(19)28)25(32)27-12-6-9-18(27)10-11-23(29)30/h3-5,7-8,15,18,20H,2,6,9-14,16H2,1H3,(H,26,31)(H,29,30)/t18-,20-/m1/s1. The zero-order chi connectivity index (χ0) is 23.4. The lowest BCUT2D eigenvalue weighted by Gasteiger charge is -2.26.